The molecule has 0 aromatic carbocycles. The number of nitrogens with zero attached hydrogens (tertiary/aromatic N) is 1. The molecule has 0 saturated heterocycles. The summed E-state index contributed by atoms with van der Waals surface area (Å²) >= 11 is 0. The van der Waals surface area contributed by atoms with Crippen LogP contribution in [0.25, 0.3) is 0 Å². The normalized spacial score (nSPS) is 15.2. The first-order chi connectivity index (χ1) is 7.49. The molecule has 0 aliphatic heterocycles. The summed E-state index contributed by atoms with van der Waals surface area (Å²) in [4.78, 5) is 35.8. The Bertz CT molecular complexity index is 285. The van der Waals surface area contributed by atoms with E-state index in [-0.39, 0.29) is 13.2 Å². The zero-order chi connectivity index (χ0) is 13.7. The van der Waals surface area contributed by atoms with Gasteiger partial charge in [0, 0.05) is 6.54 Å². The summed E-state index contributed by atoms with van der Waals surface area (Å²) in [6.07, 6.45) is -2.61. The summed E-state index contributed by atoms with van der Waals surface area (Å²) < 4.78 is 26.2. The molecule has 0 heterocycles. The molecule has 9 nitrogen and oxygen atoms in total. The summed E-state index contributed by atoms with van der Waals surface area (Å²) in [6.45, 7) is 1.13. The number of aliphatic hydroxyl groups is 1. The molecule has 17 heavy (non-hydrogen) atoms. The molecular formula is C6H17NO8P2. The van der Waals surface area contributed by atoms with E-state index in [9.17, 15) is 9.13 Å². The van der Waals surface area contributed by atoms with Crippen LogP contribution < -0.4 is 0 Å². The highest BCUT2D eigenvalue weighted by molar-refractivity contribution is 7.52. The molecule has 0 fully saturated rings. The van der Waals surface area contributed by atoms with Crippen LogP contribution in [0.4, 0.5) is 0 Å². The van der Waals surface area contributed by atoms with Crippen LogP contribution in [-0.2, 0) is 13.9 Å². The van der Waals surface area contributed by atoms with Gasteiger partial charge < -0.3 is 29.4 Å². The molecule has 11 heteroatoms. The molecule has 0 saturated carbocycles. The Morgan fingerprint density at radius 2 is 1.53 bits per heavy atom. The zero-order valence-corrected chi connectivity index (χ0v) is 11.0. The van der Waals surface area contributed by atoms with Crippen molar-refractivity contribution in [1.82, 2.24) is 4.90 Å². The minimum atomic E-state index is -4.41. The Morgan fingerprint density at radius 1 is 1.12 bits per heavy atom. The molecule has 1 unspecified atom stereocenters. The van der Waals surface area contributed by atoms with E-state index in [1.54, 1.807) is 0 Å². The average Bonchev–Trinajstić information content (AvgIpc) is 1.95. The van der Waals surface area contributed by atoms with Crippen molar-refractivity contribution in [3.63, 3.8) is 0 Å². The summed E-state index contributed by atoms with van der Waals surface area (Å²) in [5.41, 5.74) is 0. The molecule has 0 aliphatic rings. The van der Waals surface area contributed by atoms with Crippen molar-refractivity contribution in [1.29, 1.82) is 0 Å². The number of aliphatic hydroxyl groups excluding tert-OH is 1. The Morgan fingerprint density at radius 3 is 1.82 bits per heavy atom. The van der Waals surface area contributed by atoms with Gasteiger partial charge in [0.25, 0.3) is 0 Å². The number of ether oxygens (including phenoxy) is 1. The first-order valence-electron chi connectivity index (χ1n) is 4.61. The van der Waals surface area contributed by atoms with E-state index in [1.165, 1.54) is 6.92 Å². The minimum absolute atomic E-state index is 0.0995. The van der Waals surface area contributed by atoms with Crippen molar-refractivity contribution < 1.29 is 38.5 Å². The standard InChI is InChI=1S/C6H17NO8P2/c1-6(8)15-3-2-7(4-16(9,10)11)5-17(12,13)14/h6,8H,2-5H2,1H3,(H2,9,10,11)(H2,12,13,14). The van der Waals surface area contributed by atoms with Crippen LogP contribution in [-0.4, -0.2) is 61.6 Å². The lowest BCUT2D eigenvalue weighted by atomic mass is 10.6. The van der Waals surface area contributed by atoms with Crippen LogP contribution >= 0.6 is 15.2 Å². The van der Waals surface area contributed by atoms with Crippen LogP contribution in [0, 0.1) is 0 Å². The number of hydrogen-bond acceptors (Lipinski definition) is 5. The first kappa shape index (κ1) is 17.2. The second-order valence-electron chi connectivity index (χ2n) is 3.48. The number of hydrogen-bond donors (Lipinski definition) is 5. The van der Waals surface area contributed by atoms with Gasteiger partial charge in [-0.1, -0.05) is 0 Å². The van der Waals surface area contributed by atoms with E-state index >= 15 is 0 Å². The lowest BCUT2D eigenvalue weighted by Gasteiger charge is -2.23. The molecule has 0 amide bonds. The Balaban J connectivity index is 4.31. The van der Waals surface area contributed by atoms with Gasteiger partial charge in [-0.2, -0.15) is 0 Å². The minimum Gasteiger partial charge on any atom is -0.368 e. The molecule has 104 valence electrons. The van der Waals surface area contributed by atoms with Crippen molar-refractivity contribution in [2.45, 2.75) is 13.2 Å². The third-order valence-electron chi connectivity index (χ3n) is 1.54. The maximum Gasteiger partial charge on any atom is 0.339 e. The third kappa shape index (κ3) is 12.4. The van der Waals surface area contributed by atoms with Crippen LogP contribution in [0.2, 0.25) is 0 Å². The highest BCUT2D eigenvalue weighted by Gasteiger charge is 2.25. The molecule has 0 aliphatic carbocycles. The SMILES string of the molecule is CC(O)OCCN(CP(=O)(O)O)CP(=O)(O)O. The fourth-order valence-corrected chi connectivity index (χ4v) is 2.74. The third-order valence-corrected chi connectivity index (χ3v) is 3.07. The molecule has 0 aromatic rings. The summed E-state index contributed by atoms with van der Waals surface area (Å²) in [7, 11) is -8.81. The van der Waals surface area contributed by atoms with Crippen LogP contribution in [0.5, 0.6) is 0 Å². The van der Waals surface area contributed by atoms with Crippen LogP contribution in [0.3, 0.4) is 0 Å². The zero-order valence-electron chi connectivity index (χ0n) is 9.21. The van der Waals surface area contributed by atoms with E-state index in [1.807, 2.05) is 0 Å². The van der Waals surface area contributed by atoms with Gasteiger partial charge in [0.05, 0.1) is 6.61 Å². The highest BCUT2D eigenvalue weighted by atomic mass is 31.2. The predicted octanol–water partition coefficient (Wildman–Crippen LogP) is -1.09. The lowest BCUT2D eigenvalue weighted by molar-refractivity contribution is -0.0882. The molecule has 0 aromatic heterocycles. The van der Waals surface area contributed by atoms with Gasteiger partial charge in [0.1, 0.15) is 12.6 Å². The van der Waals surface area contributed by atoms with Crippen LogP contribution in [0.1, 0.15) is 6.92 Å². The second kappa shape index (κ2) is 6.94. The average molecular weight is 293 g/mol. The molecule has 0 spiro atoms. The summed E-state index contributed by atoms with van der Waals surface area (Å²) in [5, 5.41) is 8.78. The predicted molar refractivity (Wildman–Crippen MR) is 58.2 cm³/mol. The van der Waals surface area contributed by atoms with Gasteiger partial charge >= 0.3 is 15.2 Å². The first-order valence-corrected chi connectivity index (χ1v) is 8.20. The van der Waals surface area contributed by atoms with Gasteiger partial charge in [-0.25, -0.2) is 0 Å². The van der Waals surface area contributed by atoms with E-state index in [2.05, 4.69) is 0 Å². The summed E-state index contributed by atoms with van der Waals surface area (Å²) in [5.74, 6) is 0. The summed E-state index contributed by atoms with van der Waals surface area (Å²) in [6, 6.07) is 0. The molecule has 0 radical (unpaired) electrons. The number of rotatable bonds is 8. The van der Waals surface area contributed by atoms with Gasteiger partial charge in [0.2, 0.25) is 0 Å². The Hall–Kier alpha value is 0.180. The highest BCUT2D eigenvalue weighted by Crippen LogP contribution is 2.40. The monoisotopic (exact) mass is 293 g/mol. The fourth-order valence-electron chi connectivity index (χ4n) is 1.06. The van der Waals surface area contributed by atoms with Crippen molar-refractivity contribution in [3.8, 4) is 0 Å². The quantitative estimate of drug-likeness (QED) is 0.278. The maximum absolute atomic E-state index is 10.7. The maximum atomic E-state index is 10.7. The van der Waals surface area contributed by atoms with Crippen molar-refractivity contribution in [3.05, 3.63) is 0 Å². The molecule has 0 bridgehead atoms. The largest absolute Gasteiger partial charge is 0.368 e. The molecule has 1 atom stereocenters. The fraction of sp³-hybridized carbons (Fsp3) is 1.00. The van der Waals surface area contributed by atoms with Gasteiger partial charge in [0.15, 0.2) is 6.29 Å². The van der Waals surface area contributed by atoms with Gasteiger partial charge in [-0.3, -0.25) is 14.0 Å². The van der Waals surface area contributed by atoms with E-state index in [0.29, 0.717) is 0 Å². The van der Waals surface area contributed by atoms with Gasteiger partial charge in [-0.15, -0.1) is 0 Å². The Labute approximate surface area is 98.3 Å². The second-order valence-corrected chi connectivity index (χ2v) is 6.70. The lowest BCUT2D eigenvalue weighted by Crippen LogP contribution is -2.30. The van der Waals surface area contributed by atoms with Crippen molar-refractivity contribution >= 4 is 15.2 Å². The Kier molecular flexibility index (Phi) is 7.01. The van der Waals surface area contributed by atoms with Crippen molar-refractivity contribution in [2.75, 3.05) is 25.7 Å². The molecule has 5 N–H and O–H groups in total. The molecule has 0 rings (SSSR count). The van der Waals surface area contributed by atoms with E-state index < -0.39 is 34.1 Å². The van der Waals surface area contributed by atoms with Gasteiger partial charge in [-0.05, 0) is 6.92 Å². The van der Waals surface area contributed by atoms with Crippen LogP contribution in [0.15, 0.2) is 0 Å². The topological polar surface area (TPSA) is 148 Å². The smallest absolute Gasteiger partial charge is 0.339 e. The van der Waals surface area contributed by atoms with Crippen molar-refractivity contribution in [2.24, 2.45) is 0 Å². The molecular weight excluding hydrogens is 276 g/mol. The van der Waals surface area contributed by atoms with E-state index in [0.717, 1.165) is 4.90 Å². The van der Waals surface area contributed by atoms with E-state index in [4.69, 9.17) is 29.4 Å².